The van der Waals surface area contributed by atoms with Gasteiger partial charge in [-0.2, -0.15) is 0 Å². The molecule has 2 heteroatoms. The van der Waals surface area contributed by atoms with E-state index in [-0.39, 0.29) is 0 Å². The van der Waals surface area contributed by atoms with Gasteiger partial charge in [-0.25, -0.2) is 0 Å². The van der Waals surface area contributed by atoms with Crippen molar-refractivity contribution < 1.29 is 4.80 Å². The average molecular weight is 258 g/mol. The monoisotopic (exact) mass is 257 g/mol. The van der Waals surface area contributed by atoms with E-state index in [0.29, 0.717) is 0 Å². The molecule has 0 amide bonds. The van der Waals surface area contributed by atoms with Gasteiger partial charge < -0.3 is 0 Å². The van der Waals surface area contributed by atoms with Crippen LogP contribution in [0.2, 0.25) is 19.1 Å². The second-order valence-corrected chi connectivity index (χ2v) is 10.1. The molecule has 0 aliphatic rings. The van der Waals surface area contributed by atoms with Gasteiger partial charge in [-0.05, 0) is 19.1 Å². The van der Waals surface area contributed by atoms with Crippen LogP contribution >= 0.6 is 0 Å². The van der Waals surface area contributed by atoms with Crippen LogP contribution in [0.5, 0.6) is 0 Å². The van der Waals surface area contributed by atoms with Crippen molar-refractivity contribution >= 4 is 8.32 Å². The molecular formula is C15H33OSi. The Labute approximate surface area is 110 Å². The molecule has 1 radical (unpaired) electrons. The summed E-state index contributed by atoms with van der Waals surface area (Å²) in [6.07, 6.45) is 15.1. The molecule has 0 aliphatic carbocycles. The molecule has 0 unspecified atom stereocenters. The Bertz CT molecular complexity index is 151. The summed E-state index contributed by atoms with van der Waals surface area (Å²) in [7, 11) is -2.00. The smallest absolute Gasteiger partial charge is 0.231 e. The van der Waals surface area contributed by atoms with Gasteiger partial charge in [0, 0.05) is 0 Å². The lowest BCUT2D eigenvalue weighted by Gasteiger charge is -2.10. The summed E-state index contributed by atoms with van der Waals surface area (Å²) in [5, 5.41) is 0. The molecule has 1 nitrogen and oxygen atoms in total. The quantitative estimate of drug-likeness (QED) is 0.305. The molecule has 0 saturated carbocycles. The highest BCUT2D eigenvalue weighted by Crippen LogP contribution is 2.15. The fraction of sp³-hybridized carbons (Fsp3) is 1.00. The Morgan fingerprint density at radius 3 is 1.35 bits per heavy atom. The predicted molar refractivity (Wildman–Crippen MR) is 79.4 cm³/mol. The van der Waals surface area contributed by atoms with E-state index >= 15 is 0 Å². The molecule has 17 heavy (non-hydrogen) atoms. The molecule has 0 atom stereocenters. The summed E-state index contributed by atoms with van der Waals surface area (Å²) in [6.45, 7) is 6.14. The second-order valence-electron chi connectivity index (χ2n) is 6.05. The highest BCUT2D eigenvalue weighted by molar-refractivity contribution is 6.69. The van der Waals surface area contributed by atoms with Crippen LogP contribution in [-0.2, 0) is 4.80 Å². The Hall–Kier alpha value is 0.177. The van der Waals surface area contributed by atoms with Crippen molar-refractivity contribution in [2.45, 2.75) is 96.7 Å². The molecule has 0 saturated heterocycles. The summed E-state index contributed by atoms with van der Waals surface area (Å²) >= 11 is 0. The van der Waals surface area contributed by atoms with Crippen molar-refractivity contribution in [1.82, 2.24) is 0 Å². The molecule has 0 rings (SSSR count). The van der Waals surface area contributed by atoms with Crippen LogP contribution in [0, 0.1) is 0 Å². The Kier molecular flexibility index (Phi) is 11.4. The first-order valence-electron chi connectivity index (χ1n) is 7.76. The maximum Gasteiger partial charge on any atom is 0.231 e. The molecular weight excluding hydrogens is 224 g/mol. The molecule has 0 bridgehead atoms. The minimum absolute atomic E-state index is 0.976. The summed E-state index contributed by atoms with van der Waals surface area (Å²) < 4.78 is 0. The fourth-order valence-corrected chi connectivity index (χ4v) is 3.32. The van der Waals surface area contributed by atoms with Crippen molar-refractivity contribution in [2.75, 3.05) is 0 Å². The number of unbranched alkanes of at least 4 members (excludes halogenated alkanes) is 10. The third kappa shape index (κ3) is 16.2. The van der Waals surface area contributed by atoms with Crippen LogP contribution in [0.15, 0.2) is 0 Å². The largest absolute Gasteiger partial charge is 0.298 e. The molecule has 0 fully saturated rings. The Morgan fingerprint density at radius 2 is 1.00 bits per heavy atom. The normalized spacial score (nSPS) is 12.0. The Balaban J connectivity index is 2.99. The Morgan fingerprint density at radius 1 is 0.647 bits per heavy atom. The van der Waals surface area contributed by atoms with Crippen LogP contribution in [0.1, 0.15) is 77.6 Å². The third-order valence-electron chi connectivity index (χ3n) is 3.38. The molecule has 0 spiro atoms. The van der Waals surface area contributed by atoms with Gasteiger partial charge in [0.05, 0.1) is 0 Å². The van der Waals surface area contributed by atoms with Crippen LogP contribution < -0.4 is 0 Å². The summed E-state index contributed by atoms with van der Waals surface area (Å²) in [6, 6.07) is 0.976. The number of rotatable bonds is 12. The van der Waals surface area contributed by atoms with Crippen molar-refractivity contribution in [3.63, 3.8) is 0 Å². The van der Waals surface area contributed by atoms with Gasteiger partial charge in [-0.15, -0.1) is 0 Å². The molecule has 0 N–H and O–H groups in total. The minimum atomic E-state index is -2.00. The molecule has 0 aliphatic heterocycles. The SMILES string of the molecule is CCCCCCCCCCCCC[Si](C)(C)[O]. The molecule has 0 aromatic carbocycles. The van der Waals surface area contributed by atoms with Gasteiger partial charge >= 0.3 is 0 Å². The lowest BCUT2D eigenvalue weighted by atomic mass is 10.1. The van der Waals surface area contributed by atoms with E-state index in [2.05, 4.69) is 6.92 Å². The van der Waals surface area contributed by atoms with Gasteiger partial charge in [0.1, 0.15) is 0 Å². The molecule has 0 heterocycles. The summed E-state index contributed by atoms with van der Waals surface area (Å²) in [5.41, 5.74) is 0. The van der Waals surface area contributed by atoms with Crippen LogP contribution in [0.3, 0.4) is 0 Å². The highest BCUT2D eigenvalue weighted by Gasteiger charge is 2.18. The number of hydrogen-bond acceptors (Lipinski definition) is 0. The van der Waals surface area contributed by atoms with E-state index < -0.39 is 8.32 Å². The lowest BCUT2D eigenvalue weighted by Crippen LogP contribution is -2.21. The van der Waals surface area contributed by atoms with Crippen molar-refractivity contribution in [3.8, 4) is 0 Å². The minimum Gasteiger partial charge on any atom is -0.298 e. The average Bonchev–Trinajstić information content (AvgIpc) is 2.24. The van der Waals surface area contributed by atoms with Crippen LogP contribution in [0.4, 0.5) is 0 Å². The first-order chi connectivity index (χ1) is 8.06. The van der Waals surface area contributed by atoms with E-state index in [4.69, 9.17) is 0 Å². The lowest BCUT2D eigenvalue weighted by molar-refractivity contribution is 0.423. The zero-order valence-electron chi connectivity index (χ0n) is 12.4. The number of hydrogen-bond donors (Lipinski definition) is 0. The van der Waals surface area contributed by atoms with E-state index in [9.17, 15) is 4.80 Å². The van der Waals surface area contributed by atoms with Crippen LogP contribution in [-0.4, -0.2) is 8.32 Å². The van der Waals surface area contributed by atoms with Crippen molar-refractivity contribution in [1.29, 1.82) is 0 Å². The maximum absolute atomic E-state index is 11.5. The molecule has 0 aromatic heterocycles. The summed E-state index contributed by atoms with van der Waals surface area (Å²) in [4.78, 5) is 11.5. The van der Waals surface area contributed by atoms with Gasteiger partial charge in [-0.3, -0.25) is 4.80 Å². The first-order valence-corrected chi connectivity index (χ1v) is 10.9. The summed E-state index contributed by atoms with van der Waals surface area (Å²) in [5.74, 6) is 0. The van der Waals surface area contributed by atoms with Crippen LogP contribution in [0.25, 0.3) is 0 Å². The predicted octanol–water partition coefficient (Wildman–Crippen LogP) is 5.93. The third-order valence-corrected chi connectivity index (χ3v) is 4.94. The zero-order chi connectivity index (χ0) is 13.0. The van der Waals surface area contributed by atoms with Gasteiger partial charge in [0.15, 0.2) is 0 Å². The van der Waals surface area contributed by atoms with Gasteiger partial charge in [0.2, 0.25) is 8.32 Å². The van der Waals surface area contributed by atoms with Crippen molar-refractivity contribution in [2.24, 2.45) is 0 Å². The van der Waals surface area contributed by atoms with E-state index in [1.54, 1.807) is 0 Å². The van der Waals surface area contributed by atoms with Gasteiger partial charge in [-0.1, -0.05) is 77.6 Å². The second kappa shape index (κ2) is 11.3. The topological polar surface area (TPSA) is 19.9 Å². The van der Waals surface area contributed by atoms with Crippen molar-refractivity contribution in [3.05, 3.63) is 0 Å². The molecule has 0 aromatic rings. The van der Waals surface area contributed by atoms with E-state index in [0.717, 1.165) is 6.04 Å². The standard InChI is InChI=1S/C15H33OSi/c1-4-5-6-7-8-9-10-11-12-13-14-15-17(2,3)16/h4-15H2,1-3H3. The maximum atomic E-state index is 11.5. The van der Waals surface area contributed by atoms with E-state index in [1.807, 2.05) is 13.1 Å². The fourth-order valence-electron chi connectivity index (χ4n) is 2.21. The zero-order valence-corrected chi connectivity index (χ0v) is 13.4. The van der Waals surface area contributed by atoms with E-state index in [1.165, 1.54) is 70.6 Å². The van der Waals surface area contributed by atoms with Gasteiger partial charge in [0.25, 0.3) is 0 Å². The molecule has 103 valence electrons. The highest BCUT2D eigenvalue weighted by atomic mass is 28.4. The first kappa shape index (κ1) is 17.2.